The second kappa shape index (κ2) is 8.96. The molecule has 2 heterocycles. The topological polar surface area (TPSA) is 113 Å². The fraction of sp³-hybridized carbons (Fsp3) is 0.500. The Morgan fingerprint density at radius 2 is 1.71 bits per heavy atom. The van der Waals surface area contributed by atoms with Crippen LogP contribution in [-0.4, -0.2) is 59.2 Å². The number of rotatable bonds is 8. The maximum absolute atomic E-state index is 12.4. The number of hydrogen-bond donors (Lipinski definition) is 1. The summed E-state index contributed by atoms with van der Waals surface area (Å²) < 4.78 is 5.06. The Morgan fingerprint density at radius 1 is 1.07 bits per heavy atom. The quantitative estimate of drug-likeness (QED) is 0.399. The van der Waals surface area contributed by atoms with E-state index in [-0.39, 0.29) is 18.7 Å². The highest BCUT2D eigenvalue weighted by Gasteiger charge is 2.44. The van der Waals surface area contributed by atoms with Gasteiger partial charge in [-0.1, -0.05) is 13.8 Å². The molecule has 1 aromatic rings. The molecule has 1 aliphatic rings. The molecule has 0 spiro atoms. The number of carbonyl (C=O) groups is 5. The van der Waals surface area contributed by atoms with E-state index in [1.54, 1.807) is 20.8 Å². The molecule has 1 aromatic heterocycles. The normalized spacial score (nSPS) is 14.1. The number of urea groups is 1. The first-order valence-corrected chi connectivity index (χ1v) is 9.84. The van der Waals surface area contributed by atoms with E-state index in [1.165, 1.54) is 11.3 Å². The molecule has 1 saturated heterocycles. The van der Waals surface area contributed by atoms with Crippen LogP contribution >= 0.6 is 11.3 Å². The fourth-order valence-corrected chi connectivity index (χ4v) is 4.00. The highest BCUT2D eigenvalue weighted by molar-refractivity contribution is 7.17. The van der Waals surface area contributed by atoms with Crippen LogP contribution < -0.4 is 5.32 Å². The molecule has 0 radical (unpaired) electrons. The van der Waals surface area contributed by atoms with Crippen molar-refractivity contribution in [3.8, 4) is 0 Å². The summed E-state index contributed by atoms with van der Waals surface area (Å²) in [6.45, 7) is 6.84. The molecule has 0 aromatic carbocycles. The van der Waals surface area contributed by atoms with Crippen molar-refractivity contribution >= 4 is 46.1 Å². The highest BCUT2D eigenvalue weighted by Crippen LogP contribution is 2.34. The van der Waals surface area contributed by atoms with Gasteiger partial charge >= 0.3 is 23.8 Å². The minimum absolute atomic E-state index is 0.110. The number of amides is 5. The summed E-state index contributed by atoms with van der Waals surface area (Å²) in [7, 11) is 0. The summed E-state index contributed by atoms with van der Waals surface area (Å²) in [5, 5.41) is 2.88. The van der Waals surface area contributed by atoms with Crippen LogP contribution in [0.5, 0.6) is 0 Å². The second-order valence-corrected chi connectivity index (χ2v) is 7.21. The van der Waals surface area contributed by atoms with Crippen molar-refractivity contribution < 1.29 is 28.7 Å². The molecule has 152 valence electrons. The number of nitrogens with one attached hydrogen (secondary N) is 1. The lowest BCUT2D eigenvalue weighted by Gasteiger charge is -2.14. The molecule has 9 nitrogen and oxygen atoms in total. The Kier molecular flexibility index (Phi) is 6.90. The third kappa shape index (κ3) is 4.06. The zero-order valence-corrected chi connectivity index (χ0v) is 17.1. The molecule has 0 saturated carbocycles. The van der Waals surface area contributed by atoms with E-state index in [0.717, 1.165) is 15.3 Å². The second-order valence-electron chi connectivity index (χ2n) is 6.11. The first-order chi connectivity index (χ1) is 13.3. The molecule has 0 aliphatic carbocycles. The number of thiophene rings is 1. The number of carbonyl (C=O) groups excluding carboxylic acids is 5. The van der Waals surface area contributed by atoms with Gasteiger partial charge in [0.1, 0.15) is 11.5 Å². The van der Waals surface area contributed by atoms with Gasteiger partial charge in [0.15, 0.2) is 0 Å². The Labute approximate surface area is 166 Å². The van der Waals surface area contributed by atoms with Gasteiger partial charge in [0.2, 0.25) is 5.91 Å². The maximum Gasteiger partial charge on any atom is 0.341 e. The van der Waals surface area contributed by atoms with Crippen molar-refractivity contribution in [1.82, 2.24) is 9.80 Å². The zero-order valence-electron chi connectivity index (χ0n) is 16.3. The van der Waals surface area contributed by atoms with Gasteiger partial charge < -0.3 is 10.1 Å². The van der Waals surface area contributed by atoms with Crippen LogP contribution in [-0.2, 0) is 25.5 Å². The van der Waals surface area contributed by atoms with Crippen molar-refractivity contribution in [1.29, 1.82) is 0 Å². The summed E-state index contributed by atoms with van der Waals surface area (Å²) in [6, 6.07) is -0.811. The van der Waals surface area contributed by atoms with E-state index in [9.17, 15) is 24.0 Å². The van der Waals surface area contributed by atoms with E-state index in [0.29, 0.717) is 22.7 Å². The molecule has 1 N–H and O–H groups in total. The Hall–Kier alpha value is -2.75. The van der Waals surface area contributed by atoms with E-state index < -0.39 is 36.3 Å². The van der Waals surface area contributed by atoms with Gasteiger partial charge in [-0.3, -0.25) is 19.3 Å². The van der Waals surface area contributed by atoms with Crippen LogP contribution in [0.1, 0.15) is 48.0 Å². The van der Waals surface area contributed by atoms with Gasteiger partial charge in [-0.2, -0.15) is 0 Å². The first kappa shape index (κ1) is 21.5. The third-order valence-corrected chi connectivity index (χ3v) is 5.53. The number of anilines is 1. The first-order valence-electron chi connectivity index (χ1n) is 9.03. The van der Waals surface area contributed by atoms with Crippen LogP contribution in [0, 0.1) is 6.92 Å². The predicted octanol–water partition coefficient (Wildman–Crippen LogP) is 1.93. The summed E-state index contributed by atoms with van der Waals surface area (Å²) in [5.41, 5.74) is 0.985. The molecule has 0 atom stereocenters. The monoisotopic (exact) mass is 409 g/mol. The summed E-state index contributed by atoms with van der Waals surface area (Å²) in [4.78, 5) is 63.2. The lowest BCUT2D eigenvalue weighted by atomic mass is 10.1. The Morgan fingerprint density at radius 3 is 2.29 bits per heavy atom. The van der Waals surface area contributed by atoms with Crippen molar-refractivity contribution in [2.75, 3.05) is 25.0 Å². The van der Waals surface area contributed by atoms with Crippen molar-refractivity contribution in [3.05, 3.63) is 16.0 Å². The lowest BCUT2D eigenvalue weighted by Crippen LogP contribution is -2.39. The summed E-state index contributed by atoms with van der Waals surface area (Å²) in [6.07, 6.45) is 1.17. The molecule has 28 heavy (non-hydrogen) atoms. The smallest absolute Gasteiger partial charge is 0.341 e. The predicted molar refractivity (Wildman–Crippen MR) is 102 cm³/mol. The van der Waals surface area contributed by atoms with Gasteiger partial charge in [0.25, 0.3) is 0 Å². The maximum atomic E-state index is 12.4. The van der Waals surface area contributed by atoms with Crippen LogP contribution in [0.2, 0.25) is 0 Å². The number of ether oxygens (including phenoxy) is 1. The number of imide groups is 2. The average molecular weight is 409 g/mol. The van der Waals surface area contributed by atoms with Gasteiger partial charge in [0.05, 0.1) is 12.2 Å². The number of hydrogen-bond acceptors (Lipinski definition) is 7. The SMILES string of the molecule is CCCN1C(=O)C(=O)N(CC(=O)Nc2sc(CC)c(C)c2C(=O)OCC)C1=O. The fourth-order valence-electron chi connectivity index (χ4n) is 2.86. The molecule has 1 fully saturated rings. The number of esters is 1. The van der Waals surface area contributed by atoms with Crippen molar-refractivity contribution in [2.45, 2.75) is 40.5 Å². The zero-order chi connectivity index (χ0) is 21.0. The Bertz CT molecular complexity index is 832. The van der Waals surface area contributed by atoms with E-state index in [4.69, 9.17) is 4.74 Å². The lowest BCUT2D eigenvalue weighted by molar-refractivity contribution is -0.143. The average Bonchev–Trinajstić information content (AvgIpc) is 3.06. The third-order valence-electron chi connectivity index (χ3n) is 4.18. The number of aryl methyl sites for hydroxylation is 1. The Balaban J connectivity index is 2.19. The van der Waals surface area contributed by atoms with Gasteiger partial charge in [-0.25, -0.2) is 14.5 Å². The molecular formula is C18H23N3O6S. The van der Waals surface area contributed by atoms with E-state index in [2.05, 4.69) is 5.32 Å². The number of nitrogens with zero attached hydrogens (tertiary/aromatic N) is 2. The van der Waals surface area contributed by atoms with Crippen LogP contribution in [0.4, 0.5) is 9.80 Å². The largest absolute Gasteiger partial charge is 0.462 e. The van der Waals surface area contributed by atoms with Gasteiger partial charge in [0, 0.05) is 11.4 Å². The van der Waals surface area contributed by atoms with Crippen LogP contribution in [0.3, 0.4) is 0 Å². The summed E-state index contributed by atoms with van der Waals surface area (Å²) in [5.74, 6) is -3.20. The minimum atomic E-state index is -1.03. The van der Waals surface area contributed by atoms with Crippen LogP contribution in [0.25, 0.3) is 0 Å². The van der Waals surface area contributed by atoms with Crippen LogP contribution in [0.15, 0.2) is 0 Å². The van der Waals surface area contributed by atoms with E-state index >= 15 is 0 Å². The molecule has 0 unspecified atom stereocenters. The minimum Gasteiger partial charge on any atom is -0.462 e. The summed E-state index contributed by atoms with van der Waals surface area (Å²) >= 11 is 1.24. The molecule has 10 heteroatoms. The van der Waals surface area contributed by atoms with Crippen molar-refractivity contribution in [2.24, 2.45) is 0 Å². The molecule has 5 amide bonds. The molecule has 2 rings (SSSR count). The standard InChI is InChI=1S/C18H23N3O6S/c1-5-8-20-15(23)16(24)21(18(20)26)9-12(22)19-14-13(17(25)27-7-3)10(4)11(6-2)28-14/h5-9H2,1-4H3,(H,19,22). The molecule has 1 aliphatic heterocycles. The molecular weight excluding hydrogens is 386 g/mol. The molecule has 0 bridgehead atoms. The van der Waals surface area contributed by atoms with Crippen molar-refractivity contribution in [3.63, 3.8) is 0 Å². The highest BCUT2D eigenvalue weighted by atomic mass is 32.1. The van der Waals surface area contributed by atoms with E-state index in [1.807, 2.05) is 6.92 Å². The van der Waals surface area contributed by atoms with Gasteiger partial charge in [-0.05, 0) is 32.3 Å². The van der Waals surface area contributed by atoms with Gasteiger partial charge in [-0.15, -0.1) is 11.3 Å².